The second-order valence-corrected chi connectivity index (χ2v) is 9.21. The minimum atomic E-state index is -3.67. The highest BCUT2D eigenvalue weighted by Crippen LogP contribution is 2.36. The third-order valence-electron chi connectivity index (χ3n) is 5.33. The van der Waals surface area contributed by atoms with Crippen molar-refractivity contribution < 1.29 is 22.5 Å². The number of amides is 1. The van der Waals surface area contributed by atoms with Crippen LogP contribution in [0.15, 0.2) is 27.6 Å². The van der Waals surface area contributed by atoms with Crippen molar-refractivity contribution in [3.63, 3.8) is 0 Å². The number of rotatable bonds is 5. The largest absolute Gasteiger partial charge is 0.482 e. The number of carbonyl (C=O) groups excluding carboxylic acids is 1. The highest BCUT2D eigenvalue weighted by atomic mass is 32.2. The van der Waals surface area contributed by atoms with Crippen LogP contribution in [0, 0.1) is 0 Å². The van der Waals surface area contributed by atoms with E-state index in [4.69, 9.17) is 9.26 Å². The third-order valence-corrected chi connectivity index (χ3v) is 7.34. The first-order chi connectivity index (χ1) is 13.9. The van der Waals surface area contributed by atoms with Gasteiger partial charge < -0.3 is 9.26 Å². The Morgan fingerprint density at radius 1 is 1.28 bits per heavy atom. The Hall–Kier alpha value is -2.46. The van der Waals surface area contributed by atoms with Crippen LogP contribution in [0.4, 0.5) is 5.69 Å². The number of aromatic nitrogens is 2. The molecule has 0 N–H and O–H groups in total. The third kappa shape index (κ3) is 3.74. The summed E-state index contributed by atoms with van der Waals surface area (Å²) in [5.41, 5.74) is 0.398. The van der Waals surface area contributed by atoms with Gasteiger partial charge in [0.15, 0.2) is 12.4 Å². The average molecular weight is 420 g/mol. The molecule has 156 valence electrons. The van der Waals surface area contributed by atoms with Crippen molar-refractivity contribution in [1.82, 2.24) is 14.4 Å². The van der Waals surface area contributed by atoms with Crippen LogP contribution in [0.5, 0.6) is 5.75 Å². The van der Waals surface area contributed by atoms with E-state index in [-0.39, 0.29) is 30.0 Å². The van der Waals surface area contributed by atoms with Crippen molar-refractivity contribution in [3.05, 3.63) is 29.9 Å². The zero-order valence-electron chi connectivity index (χ0n) is 16.5. The van der Waals surface area contributed by atoms with Crippen LogP contribution in [0.1, 0.15) is 44.8 Å². The summed E-state index contributed by atoms with van der Waals surface area (Å²) in [6.07, 6.45) is 3.31. The van der Waals surface area contributed by atoms with Crippen LogP contribution >= 0.6 is 0 Å². The molecule has 0 saturated carbocycles. The fraction of sp³-hybridized carbons (Fsp3) is 0.526. The van der Waals surface area contributed by atoms with Crippen LogP contribution in [-0.2, 0) is 27.8 Å². The van der Waals surface area contributed by atoms with Crippen molar-refractivity contribution in [2.75, 3.05) is 18.1 Å². The van der Waals surface area contributed by atoms with Gasteiger partial charge in [-0.1, -0.05) is 18.5 Å². The molecule has 1 fully saturated rings. The van der Waals surface area contributed by atoms with Gasteiger partial charge in [-0.15, -0.1) is 0 Å². The van der Waals surface area contributed by atoms with E-state index in [9.17, 15) is 13.2 Å². The van der Waals surface area contributed by atoms with Crippen molar-refractivity contribution in [1.29, 1.82) is 0 Å². The van der Waals surface area contributed by atoms with E-state index in [1.54, 1.807) is 10.4 Å². The summed E-state index contributed by atoms with van der Waals surface area (Å²) in [6.45, 7) is 4.28. The Labute approximate surface area is 169 Å². The summed E-state index contributed by atoms with van der Waals surface area (Å²) >= 11 is 0. The zero-order chi connectivity index (χ0) is 20.6. The fourth-order valence-corrected chi connectivity index (χ4v) is 5.44. The maximum absolute atomic E-state index is 13.2. The number of carbonyl (C=O) groups is 1. The topological polar surface area (TPSA) is 106 Å². The number of fused-ring (bicyclic) bond motifs is 1. The molecule has 10 heteroatoms. The van der Waals surface area contributed by atoms with E-state index in [0.717, 1.165) is 19.3 Å². The van der Waals surface area contributed by atoms with Gasteiger partial charge in [0.05, 0.1) is 17.1 Å². The first kappa shape index (κ1) is 19.8. The van der Waals surface area contributed by atoms with Gasteiger partial charge in [0.25, 0.3) is 5.91 Å². The summed E-state index contributed by atoms with van der Waals surface area (Å²) < 4.78 is 38.6. The van der Waals surface area contributed by atoms with Gasteiger partial charge in [-0.05, 0) is 38.0 Å². The molecular formula is C19H24N4O5S. The van der Waals surface area contributed by atoms with Gasteiger partial charge in [-0.3, -0.25) is 9.69 Å². The van der Waals surface area contributed by atoms with Crippen molar-refractivity contribution in [2.45, 2.75) is 57.0 Å². The zero-order valence-corrected chi connectivity index (χ0v) is 17.3. The predicted octanol–water partition coefficient (Wildman–Crippen LogP) is 2.12. The Kier molecular flexibility index (Phi) is 5.30. The Morgan fingerprint density at radius 3 is 2.83 bits per heavy atom. The smallest absolute Gasteiger partial charge is 0.265 e. The van der Waals surface area contributed by atoms with E-state index in [0.29, 0.717) is 36.1 Å². The molecule has 4 rings (SSSR count). The highest BCUT2D eigenvalue weighted by molar-refractivity contribution is 7.89. The van der Waals surface area contributed by atoms with Gasteiger partial charge in [0, 0.05) is 19.0 Å². The quantitative estimate of drug-likeness (QED) is 0.729. The van der Waals surface area contributed by atoms with Crippen molar-refractivity contribution in [3.8, 4) is 5.75 Å². The maximum atomic E-state index is 13.2. The molecule has 1 atom stereocenters. The van der Waals surface area contributed by atoms with Gasteiger partial charge in [0.1, 0.15) is 5.75 Å². The van der Waals surface area contributed by atoms with Gasteiger partial charge >= 0.3 is 0 Å². The summed E-state index contributed by atoms with van der Waals surface area (Å²) in [4.78, 5) is 18.3. The summed E-state index contributed by atoms with van der Waals surface area (Å²) in [6, 6.07) is 4.59. The molecule has 9 nitrogen and oxygen atoms in total. The molecule has 0 aliphatic carbocycles. The number of nitrogens with zero attached hydrogens (tertiary/aromatic N) is 4. The van der Waals surface area contributed by atoms with Crippen LogP contribution in [-0.4, -0.2) is 48.0 Å². The minimum absolute atomic E-state index is 0.0504. The normalized spacial score (nSPS) is 20.4. The molecule has 1 aromatic carbocycles. The number of piperidine rings is 1. The second-order valence-electron chi connectivity index (χ2n) is 7.32. The fourth-order valence-electron chi connectivity index (χ4n) is 3.72. The van der Waals surface area contributed by atoms with E-state index in [1.165, 1.54) is 17.0 Å². The van der Waals surface area contributed by atoms with Crippen LogP contribution in [0.2, 0.25) is 0 Å². The standard InChI is InChI=1S/C19H24N4O5S/c1-3-18-20-17(21-28-18)11-22-15-10-14(7-8-16(15)27-12-19(22)24)29(25,26)23-9-5-4-6-13(23)2/h7-8,10,13H,3-6,9,11-12H2,1-2H3/t13-/m1/s1. The molecule has 2 aliphatic heterocycles. The van der Waals surface area contributed by atoms with E-state index in [1.807, 2.05) is 13.8 Å². The number of aryl methyl sites for hydroxylation is 1. The molecule has 1 aromatic heterocycles. The van der Waals surface area contributed by atoms with Crippen molar-refractivity contribution in [2.24, 2.45) is 0 Å². The lowest BCUT2D eigenvalue weighted by Crippen LogP contribution is -2.42. The van der Waals surface area contributed by atoms with E-state index >= 15 is 0 Å². The number of ether oxygens (including phenoxy) is 1. The lowest BCUT2D eigenvalue weighted by atomic mass is 10.1. The Bertz CT molecular complexity index is 1020. The first-order valence-corrected chi connectivity index (χ1v) is 11.2. The second kappa shape index (κ2) is 7.75. The molecule has 1 saturated heterocycles. The molecule has 1 amide bonds. The summed E-state index contributed by atoms with van der Waals surface area (Å²) in [5.74, 6) is 1.01. The van der Waals surface area contributed by atoms with E-state index < -0.39 is 10.0 Å². The SMILES string of the molecule is CCc1nc(CN2C(=O)COc3ccc(S(=O)(=O)N4CCCC[C@H]4C)cc32)no1. The van der Waals surface area contributed by atoms with Gasteiger partial charge in [-0.2, -0.15) is 9.29 Å². The summed E-state index contributed by atoms with van der Waals surface area (Å²) in [5, 5.41) is 3.90. The number of sulfonamides is 1. The lowest BCUT2D eigenvalue weighted by molar-refractivity contribution is -0.121. The maximum Gasteiger partial charge on any atom is 0.265 e. The van der Waals surface area contributed by atoms with Gasteiger partial charge in [0.2, 0.25) is 15.9 Å². The molecule has 0 radical (unpaired) electrons. The Balaban J connectivity index is 1.68. The molecule has 3 heterocycles. The van der Waals surface area contributed by atoms with Gasteiger partial charge in [-0.25, -0.2) is 8.42 Å². The molecular weight excluding hydrogens is 396 g/mol. The monoisotopic (exact) mass is 420 g/mol. The predicted molar refractivity (Wildman–Crippen MR) is 104 cm³/mol. The highest BCUT2D eigenvalue weighted by Gasteiger charge is 2.34. The van der Waals surface area contributed by atoms with Crippen LogP contribution in [0.25, 0.3) is 0 Å². The molecule has 2 aromatic rings. The number of anilines is 1. The van der Waals surface area contributed by atoms with Crippen LogP contribution < -0.4 is 9.64 Å². The number of hydrogen-bond acceptors (Lipinski definition) is 7. The molecule has 0 bridgehead atoms. The summed E-state index contributed by atoms with van der Waals surface area (Å²) in [7, 11) is -3.67. The molecule has 29 heavy (non-hydrogen) atoms. The van der Waals surface area contributed by atoms with Crippen molar-refractivity contribution >= 4 is 21.6 Å². The average Bonchev–Trinajstić information content (AvgIpc) is 3.18. The molecule has 0 spiro atoms. The first-order valence-electron chi connectivity index (χ1n) is 9.80. The van der Waals surface area contributed by atoms with E-state index in [2.05, 4.69) is 10.1 Å². The molecule has 0 unspecified atom stereocenters. The minimum Gasteiger partial charge on any atom is -0.482 e. The van der Waals surface area contributed by atoms with Crippen LogP contribution in [0.3, 0.4) is 0 Å². The lowest BCUT2D eigenvalue weighted by Gasteiger charge is -2.33. The Morgan fingerprint density at radius 2 is 2.10 bits per heavy atom. The molecule has 2 aliphatic rings. The number of hydrogen-bond donors (Lipinski definition) is 0. The number of benzene rings is 1.